The van der Waals surface area contributed by atoms with Crippen LogP contribution in [0.2, 0.25) is 0 Å². The molecule has 1 aromatic heterocycles. The average molecular weight is 269 g/mol. The number of methoxy groups -OCH3 is 1. The Labute approximate surface area is 113 Å². The first kappa shape index (κ1) is 15.5. The summed E-state index contributed by atoms with van der Waals surface area (Å²) >= 11 is 0. The van der Waals surface area contributed by atoms with Crippen LogP contribution in [0.1, 0.15) is 27.7 Å². The first-order valence-electron chi connectivity index (χ1n) is 6.47. The Bertz CT molecular complexity index is 435. The molecule has 0 bridgehead atoms. The summed E-state index contributed by atoms with van der Waals surface area (Å²) in [6.45, 7) is 9.81. The molecular weight excluding hydrogens is 246 g/mol. The van der Waals surface area contributed by atoms with Gasteiger partial charge in [0, 0.05) is 18.6 Å². The summed E-state index contributed by atoms with van der Waals surface area (Å²) in [4.78, 5) is 20.2. The molecule has 1 aromatic rings. The van der Waals surface area contributed by atoms with Crippen molar-refractivity contribution in [3.8, 4) is 11.6 Å². The van der Waals surface area contributed by atoms with Crippen molar-refractivity contribution in [2.75, 3.05) is 20.3 Å². The maximum atomic E-state index is 11.5. The minimum atomic E-state index is -0.336. The molecule has 0 aromatic carbocycles. The van der Waals surface area contributed by atoms with E-state index < -0.39 is 0 Å². The third-order valence-electron chi connectivity index (χ3n) is 2.90. The van der Waals surface area contributed by atoms with Crippen molar-refractivity contribution in [1.82, 2.24) is 14.9 Å². The minimum absolute atomic E-state index is 0.114. The third kappa shape index (κ3) is 4.24. The van der Waals surface area contributed by atoms with Gasteiger partial charge in [-0.05, 0) is 27.7 Å². The highest BCUT2D eigenvalue weighted by molar-refractivity contribution is 5.29. The van der Waals surface area contributed by atoms with Crippen LogP contribution in [0.5, 0.6) is 11.6 Å². The van der Waals surface area contributed by atoms with Crippen LogP contribution < -0.4 is 15.0 Å². The number of H-pyrrole nitrogens is 1. The summed E-state index contributed by atoms with van der Waals surface area (Å²) < 4.78 is 10.5. The van der Waals surface area contributed by atoms with Crippen molar-refractivity contribution in [1.29, 1.82) is 0 Å². The Balaban J connectivity index is 2.63. The Morgan fingerprint density at radius 1 is 1.32 bits per heavy atom. The molecule has 0 unspecified atom stereocenters. The molecule has 0 amide bonds. The second kappa shape index (κ2) is 7.13. The fraction of sp³-hybridized carbons (Fsp3) is 0.692. The molecule has 0 atom stereocenters. The van der Waals surface area contributed by atoms with Crippen LogP contribution in [0.15, 0.2) is 11.1 Å². The topological polar surface area (TPSA) is 67.5 Å². The number of rotatable bonds is 7. The molecule has 0 fully saturated rings. The Morgan fingerprint density at radius 2 is 1.95 bits per heavy atom. The zero-order chi connectivity index (χ0) is 14.4. The average Bonchev–Trinajstić information content (AvgIpc) is 2.33. The lowest BCUT2D eigenvalue weighted by atomic mass is 10.2. The van der Waals surface area contributed by atoms with Crippen molar-refractivity contribution in [2.45, 2.75) is 39.8 Å². The van der Waals surface area contributed by atoms with E-state index in [0.717, 1.165) is 6.54 Å². The second-order valence-electron chi connectivity index (χ2n) is 4.84. The maximum absolute atomic E-state index is 11.5. The van der Waals surface area contributed by atoms with Gasteiger partial charge in [0.25, 0.3) is 11.4 Å². The monoisotopic (exact) mass is 269 g/mol. The van der Waals surface area contributed by atoms with E-state index >= 15 is 0 Å². The predicted octanol–water partition coefficient (Wildman–Crippen LogP) is 1.28. The smallest absolute Gasteiger partial charge is 0.297 e. The molecule has 6 heteroatoms. The van der Waals surface area contributed by atoms with Crippen molar-refractivity contribution in [3.63, 3.8) is 0 Å². The Morgan fingerprint density at radius 3 is 2.47 bits per heavy atom. The number of aromatic amines is 1. The molecule has 0 aliphatic rings. The highest BCUT2D eigenvalue weighted by atomic mass is 16.5. The quantitative estimate of drug-likeness (QED) is 0.807. The molecule has 1 N–H and O–H groups in total. The van der Waals surface area contributed by atoms with E-state index in [4.69, 9.17) is 9.47 Å². The standard InChI is InChI=1S/C13H23N3O3/c1-9(2)16(10(3)4)6-7-19-13-11(18-5)12(17)14-8-15-13/h8-10H,6-7H2,1-5H3,(H,14,15,17). The normalized spacial score (nSPS) is 11.4. The lowest BCUT2D eigenvalue weighted by Gasteiger charge is -2.30. The van der Waals surface area contributed by atoms with Crippen molar-refractivity contribution < 1.29 is 9.47 Å². The zero-order valence-electron chi connectivity index (χ0n) is 12.3. The van der Waals surface area contributed by atoms with E-state index in [1.807, 2.05) is 0 Å². The third-order valence-corrected chi connectivity index (χ3v) is 2.90. The van der Waals surface area contributed by atoms with Crippen molar-refractivity contribution in [3.05, 3.63) is 16.7 Å². The molecule has 0 radical (unpaired) electrons. The van der Waals surface area contributed by atoms with Crippen LogP contribution >= 0.6 is 0 Å². The van der Waals surface area contributed by atoms with E-state index in [2.05, 4.69) is 42.6 Å². The first-order valence-corrected chi connectivity index (χ1v) is 6.47. The maximum Gasteiger partial charge on any atom is 0.297 e. The Kier molecular flexibility index (Phi) is 5.82. The summed E-state index contributed by atoms with van der Waals surface area (Å²) in [6.07, 6.45) is 1.31. The van der Waals surface area contributed by atoms with Gasteiger partial charge >= 0.3 is 0 Å². The van der Waals surface area contributed by atoms with Gasteiger partial charge in [0.15, 0.2) is 0 Å². The van der Waals surface area contributed by atoms with E-state index in [1.54, 1.807) is 0 Å². The highest BCUT2D eigenvalue weighted by Gasteiger charge is 2.15. The van der Waals surface area contributed by atoms with E-state index in [1.165, 1.54) is 13.4 Å². The van der Waals surface area contributed by atoms with Crippen LogP contribution in [-0.4, -0.2) is 47.2 Å². The number of ether oxygens (including phenoxy) is 2. The highest BCUT2D eigenvalue weighted by Crippen LogP contribution is 2.17. The van der Waals surface area contributed by atoms with Gasteiger partial charge in [0.1, 0.15) is 6.61 Å². The van der Waals surface area contributed by atoms with Gasteiger partial charge in [0.2, 0.25) is 5.75 Å². The lowest BCUT2D eigenvalue weighted by Crippen LogP contribution is -2.39. The number of nitrogens with one attached hydrogen (secondary N) is 1. The lowest BCUT2D eigenvalue weighted by molar-refractivity contribution is 0.138. The number of hydrogen-bond donors (Lipinski definition) is 1. The van der Waals surface area contributed by atoms with Crippen LogP contribution in [-0.2, 0) is 0 Å². The molecule has 6 nitrogen and oxygen atoms in total. The second-order valence-corrected chi connectivity index (χ2v) is 4.84. The van der Waals surface area contributed by atoms with Gasteiger partial charge in [0.05, 0.1) is 13.4 Å². The van der Waals surface area contributed by atoms with Crippen LogP contribution in [0.4, 0.5) is 0 Å². The van der Waals surface area contributed by atoms with Crippen LogP contribution in [0.3, 0.4) is 0 Å². The summed E-state index contributed by atoms with van der Waals surface area (Å²) in [5, 5.41) is 0. The zero-order valence-corrected chi connectivity index (χ0v) is 12.3. The van der Waals surface area contributed by atoms with Crippen LogP contribution in [0.25, 0.3) is 0 Å². The van der Waals surface area contributed by atoms with Gasteiger partial charge in [-0.3, -0.25) is 9.69 Å². The fourth-order valence-electron chi connectivity index (χ4n) is 2.01. The summed E-state index contributed by atoms with van der Waals surface area (Å²) in [7, 11) is 1.42. The molecule has 0 saturated carbocycles. The number of aromatic nitrogens is 2. The minimum Gasteiger partial charge on any atom is -0.487 e. The van der Waals surface area contributed by atoms with Crippen LogP contribution in [0, 0.1) is 0 Å². The van der Waals surface area contributed by atoms with E-state index in [0.29, 0.717) is 18.7 Å². The largest absolute Gasteiger partial charge is 0.487 e. The molecule has 108 valence electrons. The SMILES string of the molecule is COc1c(OCCN(C(C)C)C(C)C)nc[nH]c1=O. The van der Waals surface area contributed by atoms with Gasteiger partial charge in [-0.25, -0.2) is 4.98 Å². The fourth-order valence-corrected chi connectivity index (χ4v) is 2.01. The summed E-state index contributed by atoms with van der Waals surface area (Å²) in [5.74, 6) is 0.349. The van der Waals surface area contributed by atoms with E-state index in [-0.39, 0.29) is 17.2 Å². The first-order chi connectivity index (χ1) is 8.97. The number of nitrogens with zero attached hydrogens (tertiary/aromatic N) is 2. The molecule has 0 spiro atoms. The molecule has 0 aliphatic carbocycles. The summed E-state index contributed by atoms with van der Waals surface area (Å²) in [6, 6.07) is 0.885. The predicted molar refractivity (Wildman–Crippen MR) is 73.9 cm³/mol. The van der Waals surface area contributed by atoms with Gasteiger partial charge < -0.3 is 14.5 Å². The van der Waals surface area contributed by atoms with Crippen molar-refractivity contribution in [2.24, 2.45) is 0 Å². The molecular formula is C13H23N3O3. The summed E-state index contributed by atoms with van der Waals surface area (Å²) in [5.41, 5.74) is -0.336. The van der Waals surface area contributed by atoms with Crippen molar-refractivity contribution >= 4 is 0 Å². The Hall–Kier alpha value is -1.56. The van der Waals surface area contributed by atoms with E-state index in [9.17, 15) is 4.79 Å². The van der Waals surface area contributed by atoms with Gasteiger partial charge in [-0.2, -0.15) is 0 Å². The molecule has 19 heavy (non-hydrogen) atoms. The molecule has 1 rings (SSSR count). The number of hydrogen-bond acceptors (Lipinski definition) is 5. The molecule has 1 heterocycles. The molecule has 0 aliphatic heterocycles. The molecule has 0 saturated heterocycles. The van der Waals surface area contributed by atoms with Gasteiger partial charge in [-0.15, -0.1) is 0 Å². The van der Waals surface area contributed by atoms with Gasteiger partial charge in [-0.1, -0.05) is 0 Å².